The molecule has 1 aliphatic heterocycles. The van der Waals surface area contributed by atoms with Crippen LogP contribution in [0.1, 0.15) is 31.5 Å². The summed E-state index contributed by atoms with van der Waals surface area (Å²) in [4.78, 5) is 28.3. The maximum atomic E-state index is 12.5. The molecule has 1 aromatic rings. The fourth-order valence-electron chi connectivity index (χ4n) is 1.94. The summed E-state index contributed by atoms with van der Waals surface area (Å²) in [5.74, 6) is -0.309. The molecule has 0 bridgehead atoms. The highest BCUT2D eigenvalue weighted by Gasteiger charge is 2.23. The highest BCUT2D eigenvalue weighted by molar-refractivity contribution is 6.40. The smallest absolute Gasteiger partial charge is 0.273 e. The molecule has 0 saturated carbocycles. The molecule has 1 amide bonds. The Morgan fingerprint density at radius 2 is 2.10 bits per heavy atom. The Morgan fingerprint density at radius 3 is 2.75 bits per heavy atom. The number of hydrogen-bond acceptors (Lipinski definition) is 4. The molecule has 20 heavy (non-hydrogen) atoms. The van der Waals surface area contributed by atoms with Gasteiger partial charge < -0.3 is 0 Å². The molecule has 0 fully saturated rings. The zero-order valence-electron chi connectivity index (χ0n) is 11.9. The zero-order chi connectivity index (χ0) is 14.7. The van der Waals surface area contributed by atoms with Crippen molar-refractivity contribution in [3.8, 4) is 0 Å². The molecule has 0 radical (unpaired) electrons. The number of nitrogens with zero attached hydrogens (tertiary/aromatic N) is 4. The number of carbonyl (C=O) groups excluding carboxylic acids is 2. The molecule has 0 aliphatic carbocycles. The SMILES string of the molecule is CC(C)N=c1ccccn1C(=O)C1=NN(C)C(=O)CC1. The van der Waals surface area contributed by atoms with E-state index in [4.69, 9.17) is 0 Å². The van der Waals surface area contributed by atoms with Gasteiger partial charge in [-0.05, 0) is 26.0 Å². The highest BCUT2D eigenvalue weighted by Crippen LogP contribution is 2.08. The molecule has 6 nitrogen and oxygen atoms in total. The van der Waals surface area contributed by atoms with E-state index in [2.05, 4.69) is 10.1 Å². The van der Waals surface area contributed by atoms with Crippen LogP contribution in [0.3, 0.4) is 0 Å². The number of rotatable bonds is 2. The van der Waals surface area contributed by atoms with Gasteiger partial charge in [0.1, 0.15) is 11.2 Å². The second kappa shape index (κ2) is 5.81. The monoisotopic (exact) mass is 274 g/mol. The lowest BCUT2D eigenvalue weighted by molar-refractivity contribution is -0.130. The molecule has 106 valence electrons. The summed E-state index contributed by atoms with van der Waals surface area (Å²) < 4.78 is 1.47. The minimum atomic E-state index is -0.232. The standard InChI is InChI=1S/C14H18N4O2/c1-10(2)15-12-6-4-5-9-18(12)14(20)11-7-8-13(19)17(3)16-11/h4-6,9-10H,7-8H2,1-3H3. The third kappa shape index (κ3) is 3.01. The van der Waals surface area contributed by atoms with Gasteiger partial charge in [-0.15, -0.1) is 0 Å². The van der Waals surface area contributed by atoms with Crippen molar-refractivity contribution in [1.29, 1.82) is 0 Å². The fraction of sp³-hybridized carbons (Fsp3) is 0.429. The Balaban J connectivity index is 2.40. The van der Waals surface area contributed by atoms with Crippen molar-refractivity contribution in [2.75, 3.05) is 7.05 Å². The van der Waals surface area contributed by atoms with E-state index >= 15 is 0 Å². The van der Waals surface area contributed by atoms with Gasteiger partial charge in [-0.2, -0.15) is 5.10 Å². The van der Waals surface area contributed by atoms with Crippen LogP contribution in [-0.2, 0) is 4.79 Å². The van der Waals surface area contributed by atoms with Crippen molar-refractivity contribution in [3.05, 3.63) is 29.9 Å². The average Bonchev–Trinajstić information content (AvgIpc) is 2.41. The van der Waals surface area contributed by atoms with E-state index in [1.165, 1.54) is 9.58 Å². The minimum absolute atomic E-state index is 0.0771. The van der Waals surface area contributed by atoms with Crippen LogP contribution in [0, 0.1) is 0 Å². The highest BCUT2D eigenvalue weighted by atomic mass is 16.2. The number of carbonyl (C=O) groups is 2. The van der Waals surface area contributed by atoms with Crippen LogP contribution in [0.4, 0.5) is 0 Å². The molecule has 0 aromatic carbocycles. The maximum Gasteiger partial charge on any atom is 0.279 e. The predicted octanol–water partition coefficient (Wildman–Crippen LogP) is 1.05. The number of hydrazone groups is 1. The zero-order valence-corrected chi connectivity index (χ0v) is 11.9. The van der Waals surface area contributed by atoms with Crippen LogP contribution < -0.4 is 5.49 Å². The molecule has 0 unspecified atom stereocenters. The molecule has 0 atom stereocenters. The van der Waals surface area contributed by atoms with Crippen molar-refractivity contribution in [3.63, 3.8) is 0 Å². The lowest BCUT2D eigenvalue weighted by Gasteiger charge is -2.19. The second-order valence-corrected chi connectivity index (χ2v) is 4.92. The molecule has 2 rings (SSSR count). The van der Waals surface area contributed by atoms with Gasteiger partial charge in [-0.1, -0.05) is 6.07 Å². The van der Waals surface area contributed by atoms with Gasteiger partial charge in [0.2, 0.25) is 5.91 Å². The van der Waals surface area contributed by atoms with Crippen LogP contribution in [0.5, 0.6) is 0 Å². The van der Waals surface area contributed by atoms with Gasteiger partial charge in [0.05, 0.1) is 0 Å². The van der Waals surface area contributed by atoms with Crippen molar-refractivity contribution in [2.24, 2.45) is 10.1 Å². The number of amides is 1. The van der Waals surface area contributed by atoms with E-state index < -0.39 is 0 Å². The Kier molecular flexibility index (Phi) is 4.12. The largest absolute Gasteiger partial charge is 0.279 e. The molecular formula is C14H18N4O2. The number of aromatic nitrogens is 1. The summed E-state index contributed by atoms with van der Waals surface area (Å²) in [5, 5.41) is 5.27. The van der Waals surface area contributed by atoms with E-state index in [-0.39, 0.29) is 17.9 Å². The van der Waals surface area contributed by atoms with Gasteiger partial charge in [0.15, 0.2) is 0 Å². The normalized spacial score (nSPS) is 16.6. The van der Waals surface area contributed by atoms with Gasteiger partial charge >= 0.3 is 0 Å². The van der Waals surface area contributed by atoms with Crippen LogP contribution >= 0.6 is 0 Å². The van der Waals surface area contributed by atoms with E-state index in [0.717, 1.165) is 0 Å². The first-order valence-corrected chi connectivity index (χ1v) is 6.59. The topological polar surface area (TPSA) is 67.0 Å². The molecule has 0 N–H and O–H groups in total. The molecule has 0 spiro atoms. The maximum absolute atomic E-state index is 12.5. The third-order valence-electron chi connectivity index (χ3n) is 2.90. The first kappa shape index (κ1) is 14.2. The summed E-state index contributed by atoms with van der Waals surface area (Å²) in [6.07, 6.45) is 2.35. The van der Waals surface area contributed by atoms with Gasteiger partial charge in [-0.25, -0.2) is 5.01 Å². The van der Waals surface area contributed by atoms with Crippen molar-refractivity contribution < 1.29 is 9.59 Å². The summed E-state index contributed by atoms with van der Waals surface area (Å²) in [6.45, 7) is 3.90. The molecular weight excluding hydrogens is 256 g/mol. The van der Waals surface area contributed by atoms with Crippen molar-refractivity contribution in [1.82, 2.24) is 9.58 Å². The van der Waals surface area contributed by atoms with Crippen LogP contribution in [0.15, 0.2) is 34.5 Å². The Hall–Kier alpha value is -2.24. The summed E-state index contributed by atoms with van der Waals surface area (Å²) in [7, 11) is 1.56. The Labute approximate surface area is 117 Å². The van der Waals surface area contributed by atoms with Gasteiger partial charge in [0, 0.05) is 32.1 Å². The lowest BCUT2D eigenvalue weighted by Crippen LogP contribution is -2.37. The molecule has 1 aliphatic rings. The second-order valence-electron chi connectivity index (χ2n) is 4.92. The van der Waals surface area contributed by atoms with E-state index in [1.54, 1.807) is 25.4 Å². The lowest BCUT2D eigenvalue weighted by atomic mass is 10.1. The summed E-state index contributed by atoms with van der Waals surface area (Å²) >= 11 is 0. The fourth-order valence-corrected chi connectivity index (χ4v) is 1.94. The first-order chi connectivity index (χ1) is 9.49. The van der Waals surface area contributed by atoms with Crippen LogP contribution in [0.25, 0.3) is 0 Å². The van der Waals surface area contributed by atoms with E-state index in [0.29, 0.717) is 24.0 Å². The van der Waals surface area contributed by atoms with Crippen molar-refractivity contribution >= 4 is 17.5 Å². The van der Waals surface area contributed by atoms with Crippen LogP contribution in [0.2, 0.25) is 0 Å². The number of pyridine rings is 1. The van der Waals surface area contributed by atoms with Gasteiger partial charge in [-0.3, -0.25) is 19.1 Å². The molecule has 0 saturated heterocycles. The molecule has 6 heteroatoms. The molecule has 1 aromatic heterocycles. The van der Waals surface area contributed by atoms with Crippen molar-refractivity contribution in [2.45, 2.75) is 32.7 Å². The molecule has 2 heterocycles. The Morgan fingerprint density at radius 1 is 1.35 bits per heavy atom. The number of hydrogen-bond donors (Lipinski definition) is 0. The first-order valence-electron chi connectivity index (χ1n) is 6.59. The van der Waals surface area contributed by atoms with Gasteiger partial charge in [0.25, 0.3) is 5.91 Å². The van der Waals surface area contributed by atoms with E-state index in [9.17, 15) is 9.59 Å². The van der Waals surface area contributed by atoms with Crippen LogP contribution in [-0.4, -0.2) is 40.2 Å². The quantitative estimate of drug-likeness (QED) is 0.809. The average molecular weight is 274 g/mol. The summed E-state index contributed by atoms with van der Waals surface area (Å²) in [5.41, 5.74) is 0.971. The summed E-state index contributed by atoms with van der Waals surface area (Å²) in [6, 6.07) is 5.49. The third-order valence-corrected chi connectivity index (χ3v) is 2.90. The Bertz CT molecular complexity index is 628. The predicted molar refractivity (Wildman–Crippen MR) is 75.2 cm³/mol. The van der Waals surface area contributed by atoms with E-state index in [1.807, 2.05) is 19.9 Å². The minimum Gasteiger partial charge on any atom is -0.273 e.